The van der Waals surface area contributed by atoms with Crippen LogP contribution in [0.5, 0.6) is 0 Å². The molecule has 5 nitrogen and oxygen atoms in total. The van der Waals surface area contributed by atoms with Crippen molar-refractivity contribution in [3.05, 3.63) is 51.7 Å². The van der Waals surface area contributed by atoms with Gasteiger partial charge in [-0.1, -0.05) is 35.1 Å². The molecule has 20 heavy (non-hydrogen) atoms. The highest BCUT2D eigenvalue weighted by atomic mass is 35.5. The summed E-state index contributed by atoms with van der Waals surface area (Å²) < 4.78 is 1.57. The van der Waals surface area contributed by atoms with Crippen molar-refractivity contribution in [2.45, 2.75) is 13.5 Å². The number of amides is 1. The minimum atomic E-state index is -0.184. The maximum absolute atomic E-state index is 12.2. The van der Waals surface area contributed by atoms with Crippen LogP contribution in [0.3, 0.4) is 0 Å². The Kier molecular flexibility index (Phi) is 3.42. The quantitative estimate of drug-likeness (QED) is 0.809. The van der Waals surface area contributed by atoms with Crippen molar-refractivity contribution in [1.82, 2.24) is 19.9 Å². The van der Waals surface area contributed by atoms with Crippen molar-refractivity contribution in [1.29, 1.82) is 0 Å². The zero-order valence-electron chi connectivity index (χ0n) is 10.6. The summed E-state index contributed by atoms with van der Waals surface area (Å²) in [5.74, 6) is -0.184. The third-order valence-corrected chi connectivity index (χ3v) is 3.83. The molecule has 1 N–H and O–H groups in total. The maximum Gasteiger partial charge on any atom is 0.272 e. The van der Waals surface area contributed by atoms with Crippen molar-refractivity contribution < 1.29 is 4.79 Å². The van der Waals surface area contributed by atoms with Gasteiger partial charge in [0.05, 0.1) is 5.69 Å². The second-order valence-electron chi connectivity index (χ2n) is 4.29. The molecule has 2 aromatic heterocycles. The maximum atomic E-state index is 12.2. The van der Waals surface area contributed by atoms with Crippen LogP contribution in [0.2, 0.25) is 5.02 Å². The predicted molar refractivity (Wildman–Crippen MR) is 78.2 cm³/mol. The zero-order valence-corrected chi connectivity index (χ0v) is 12.2. The highest BCUT2D eigenvalue weighted by molar-refractivity contribution is 7.14. The second-order valence-corrected chi connectivity index (χ2v) is 5.54. The summed E-state index contributed by atoms with van der Waals surface area (Å²) in [4.78, 5) is 17.3. The Labute approximate surface area is 124 Å². The first kappa shape index (κ1) is 13.1. The summed E-state index contributed by atoms with van der Waals surface area (Å²) >= 11 is 7.23. The minimum absolute atomic E-state index is 0.184. The molecule has 0 spiro atoms. The number of benzene rings is 1. The lowest BCUT2D eigenvalue weighted by atomic mass is 10.2. The number of nitrogens with one attached hydrogen (secondary N) is 1. The van der Waals surface area contributed by atoms with Crippen LogP contribution in [0, 0.1) is 6.92 Å². The zero-order chi connectivity index (χ0) is 14.1. The number of hydrogen-bond donors (Lipinski definition) is 1. The first-order valence-corrected chi connectivity index (χ1v) is 7.22. The molecule has 0 unspecified atom stereocenters. The van der Waals surface area contributed by atoms with Gasteiger partial charge in [-0.05, 0) is 24.6 Å². The SMILES string of the molecule is Cc1nc2scnn2c1C(=O)NCc1ccc(Cl)cc1. The molecule has 0 aliphatic carbocycles. The van der Waals surface area contributed by atoms with E-state index in [0.29, 0.717) is 23.0 Å². The lowest BCUT2D eigenvalue weighted by Crippen LogP contribution is -2.25. The van der Waals surface area contributed by atoms with Gasteiger partial charge in [-0.25, -0.2) is 4.98 Å². The van der Waals surface area contributed by atoms with Crippen LogP contribution < -0.4 is 5.32 Å². The van der Waals surface area contributed by atoms with Crippen LogP contribution in [0.1, 0.15) is 21.7 Å². The Bertz CT molecular complexity index is 762. The number of hydrogen-bond acceptors (Lipinski definition) is 4. The van der Waals surface area contributed by atoms with E-state index in [-0.39, 0.29) is 5.91 Å². The van der Waals surface area contributed by atoms with Crippen molar-refractivity contribution in [3.63, 3.8) is 0 Å². The van der Waals surface area contributed by atoms with Gasteiger partial charge < -0.3 is 5.32 Å². The van der Waals surface area contributed by atoms with Crippen molar-refractivity contribution in [2.24, 2.45) is 0 Å². The van der Waals surface area contributed by atoms with Crippen molar-refractivity contribution in [3.8, 4) is 0 Å². The number of fused-ring (bicyclic) bond motifs is 1. The molecule has 0 radical (unpaired) electrons. The fourth-order valence-corrected chi connectivity index (χ4v) is 2.71. The van der Waals surface area contributed by atoms with Crippen molar-refractivity contribution >= 4 is 33.8 Å². The Hall–Kier alpha value is -1.92. The lowest BCUT2D eigenvalue weighted by molar-refractivity contribution is 0.0943. The van der Waals surface area contributed by atoms with Gasteiger partial charge >= 0.3 is 0 Å². The van der Waals surface area contributed by atoms with Crippen LogP contribution >= 0.6 is 22.9 Å². The molecule has 0 aliphatic heterocycles. The van der Waals surface area contributed by atoms with Gasteiger partial charge in [0.15, 0.2) is 5.69 Å². The molecule has 0 fully saturated rings. The van der Waals surface area contributed by atoms with E-state index in [1.807, 2.05) is 12.1 Å². The number of nitrogens with zero attached hydrogens (tertiary/aromatic N) is 3. The average Bonchev–Trinajstić information content (AvgIpc) is 2.97. The highest BCUT2D eigenvalue weighted by Crippen LogP contribution is 2.15. The largest absolute Gasteiger partial charge is 0.347 e. The summed E-state index contributed by atoms with van der Waals surface area (Å²) in [6, 6.07) is 7.35. The molecule has 3 rings (SSSR count). The first-order valence-electron chi connectivity index (χ1n) is 5.96. The third kappa shape index (κ3) is 2.39. The summed E-state index contributed by atoms with van der Waals surface area (Å²) in [5, 5.41) is 7.66. The van der Waals surface area contributed by atoms with E-state index >= 15 is 0 Å². The molecule has 102 valence electrons. The lowest BCUT2D eigenvalue weighted by Gasteiger charge is -2.05. The molecule has 7 heteroatoms. The number of rotatable bonds is 3. The van der Waals surface area contributed by atoms with Crippen LogP contribution in [0.4, 0.5) is 0 Å². The molecule has 2 heterocycles. The Morgan fingerprint density at radius 3 is 2.90 bits per heavy atom. The number of carbonyl (C=O) groups excluding carboxylic acids is 1. The van der Waals surface area contributed by atoms with Crippen LogP contribution in [-0.4, -0.2) is 20.5 Å². The number of carbonyl (C=O) groups is 1. The smallest absolute Gasteiger partial charge is 0.272 e. The predicted octanol–water partition coefficient (Wildman–Crippen LogP) is 2.68. The molecule has 0 atom stereocenters. The summed E-state index contributed by atoms with van der Waals surface area (Å²) in [6.07, 6.45) is 0. The standard InChI is InChI=1S/C13H11ClN4OS/c1-8-11(18-13(17-8)20-7-16-18)12(19)15-6-9-2-4-10(14)5-3-9/h2-5,7H,6H2,1H3,(H,15,19). The van der Waals surface area contributed by atoms with Crippen LogP contribution in [0.15, 0.2) is 29.8 Å². The van der Waals surface area contributed by atoms with E-state index in [1.54, 1.807) is 29.1 Å². The topological polar surface area (TPSA) is 59.3 Å². The summed E-state index contributed by atoms with van der Waals surface area (Å²) in [6.45, 7) is 2.24. The molecule has 1 aromatic carbocycles. The number of aromatic nitrogens is 3. The van der Waals surface area contributed by atoms with Crippen LogP contribution in [0.25, 0.3) is 4.96 Å². The summed E-state index contributed by atoms with van der Waals surface area (Å²) in [5.41, 5.74) is 3.81. The van der Waals surface area contributed by atoms with Crippen LogP contribution in [-0.2, 0) is 6.54 Å². The molecule has 0 saturated carbocycles. The summed E-state index contributed by atoms with van der Waals surface area (Å²) in [7, 11) is 0. The molecule has 1 amide bonds. The first-order chi connectivity index (χ1) is 9.65. The average molecular weight is 307 g/mol. The third-order valence-electron chi connectivity index (χ3n) is 2.90. The van der Waals surface area contributed by atoms with E-state index in [0.717, 1.165) is 10.5 Å². The van der Waals surface area contributed by atoms with Gasteiger partial charge in [0.2, 0.25) is 4.96 Å². The van der Waals surface area contributed by atoms with Gasteiger partial charge in [-0.2, -0.15) is 9.61 Å². The fraction of sp³-hybridized carbons (Fsp3) is 0.154. The van der Waals surface area contributed by atoms with E-state index < -0.39 is 0 Å². The number of imidazole rings is 1. The monoisotopic (exact) mass is 306 g/mol. The van der Waals surface area contributed by atoms with E-state index in [2.05, 4.69) is 15.4 Å². The number of aryl methyl sites for hydroxylation is 1. The fourth-order valence-electron chi connectivity index (χ4n) is 1.92. The second kappa shape index (κ2) is 5.22. The molecule has 0 saturated heterocycles. The van der Waals surface area contributed by atoms with Gasteiger partial charge in [-0.3, -0.25) is 4.79 Å². The Balaban J connectivity index is 1.77. The highest BCUT2D eigenvalue weighted by Gasteiger charge is 2.17. The molecular weight excluding hydrogens is 296 g/mol. The van der Waals surface area contributed by atoms with Gasteiger partial charge in [-0.15, -0.1) is 0 Å². The minimum Gasteiger partial charge on any atom is -0.347 e. The molecule has 0 bridgehead atoms. The van der Waals surface area contributed by atoms with E-state index in [4.69, 9.17) is 11.6 Å². The van der Waals surface area contributed by atoms with Gasteiger partial charge in [0, 0.05) is 11.6 Å². The van der Waals surface area contributed by atoms with E-state index in [1.165, 1.54) is 11.3 Å². The molecule has 3 aromatic rings. The Morgan fingerprint density at radius 2 is 2.15 bits per heavy atom. The van der Waals surface area contributed by atoms with Gasteiger partial charge in [0.1, 0.15) is 5.51 Å². The molecular formula is C13H11ClN4OS. The molecule has 0 aliphatic rings. The van der Waals surface area contributed by atoms with Gasteiger partial charge in [0.25, 0.3) is 5.91 Å². The van der Waals surface area contributed by atoms with Crippen molar-refractivity contribution in [2.75, 3.05) is 0 Å². The Morgan fingerprint density at radius 1 is 1.40 bits per heavy atom. The van der Waals surface area contributed by atoms with E-state index in [9.17, 15) is 4.79 Å². The number of halogens is 1. The normalized spacial score (nSPS) is 10.9.